The SMILES string of the molecule is C[C@H]1CC2CC(CO)C1[C@@H]2S(=O)(=O)c1cc(C(=O)Nc2cc(F)c(F)c(F)c2)ccc1Cl. The summed E-state index contributed by atoms with van der Waals surface area (Å²) in [5.41, 5.74) is -0.408. The van der Waals surface area contributed by atoms with Gasteiger partial charge in [0.15, 0.2) is 27.3 Å². The van der Waals surface area contributed by atoms with Gasteiger partial charge in [0.1, 0.15) is 0 Å². The Kier molecular flexibility index (Phi) is 6.02. The molecule has 0 spiro atoms. The largest absolute Gasteiger partial charge is 0.396 e. The van der Waals surface area contributed by atoms with Crippen LogP contribution in [0.3, 0.4) is 0 Å². The number of halogens is 4. The molecule has 0 radical (unpaired) electrons. The Morgan fingerprint density at radius 2 is 1.81 bits per heavy atom. The molecule has 0 heterocycles. The fourth-order valence-corrected chi connectivity index (χ4v) is 8.41. The van der Waals surface area contributed by atoms with Crippen LogP contribution in [0.25, 0.3) is 0 Å². The molecule has 2 aliphatic rings. The van der Waals surface area contributed by atoms with Crippen molar-refractivity contribution < 1.29 is 31.5 Å². The van der Waals surface area contributed by atoms with Crippen molar-refractivity contribution in [3.63, 3.8) is 0 Å². The molecule has 1 amide bonds. The van der Waals surface area contributed by atoms with Gasteiger partial charge in [0, 0.05) is 30.0 Å². The molecule has 2 N–H and O–H groups in total. The van der Waals surface area contributed by atoms with Gasteiger partial charge < -0.3 is 10.4 Å². The summed E-state index contributed by atoms with van der Waals surface area (Å²) in [6, 6.07) is 4.95. The lowest BCUT2D eigenvalue weighted by molar-refractivity contribution is 0.102. The average Bonchev–Trinajstić information content (AvgIpc) is 3.26. The van der Waals surface area contributed by atoms with E-state index in [9.17, 15) is 31.5 Å². The highest BCUT2D eigenvalue weighted by Crippen LogP contribution is 2.55. The van der Waals surface area contributed by atoms with Crippen LogP contribution in [0.2, 0.25) is 5.02 Å². The van der Waals surface area contributed by atoms with Crippen molar-refractivity contribution in [2.75, 3.05) is 11.9 Å². The van der Waals surface area contributed by atoms with Gasteiger partial charge in [0.05, 0.1) is 15.2 Å². The molecule has 172 valence electrons. The van der Waals surface area contributed by atoms with Crippen molar-refractivity contribution in [1.29, 1.82) is 0 Å². The summed E-state index contributed by atoms with van der Waals surface area (Å²) < 4.78 is 67.1. The number of nitrogens with one attached hydrogen (secondary N) is 1. The Labute approximate surface area is 188 Å². The van der Waals surface area contributed by atoms with E-state index in [0.29, 0.717) is 18.6 Å². The molecule has 10 heteroatoms. The minimum Gasteiger partial charge on any atom is -0.396 e. The lowest BCUT2D eigenvalue weighted by Gasteiger charge is -2.26. The molecule has 2 aromatic rings. The number of amides is 1. The van der Waals surface area contributed by atoms with Crippen LogP contribution in [-0.2, 0) is 9.84 Å². The molecule has 3 unspecified atom stereocenters. The van der Waals surface area contributed by atoms with E-state index in [1.807, 2.05) is 6.92 Å². The van der Waals surface area contributed by atoms with Gasteiger partial charge in [0.25, 0.3) is 5.91 Å². The number of fused-ring (bicyclic) bond motifs is 2. The van der Waals surface area contributed by atoms with E-state index in [2.05, 4.69) is 5.32 Å². The molecule has 32 heavy (non-hydrogen) atoms. The van der Waals surface area contributed by atoms with Gasteiger partial charge in [-0.3, -0.25) is 4.79 Å². The van der Waals surface area contributed by atoms with Crippen LogP contribution in [0.15, 0.2) is 35.2 Å². The van der Waals surface area contributed by atoms with Crippen molar-refractivity contribution in [2.45, 2.75) is 29.9 Å². The number of hydrogen-bond acceptors (Lipinski definition) is 4. The quantitative estimate of drug-likeness (QED) is 0.611. The van der Waals surface area contributed by atoms with Crippen LogP contribution < -0.4 is 5.32 Å². The summed E-state index contributed by atoms with van der Waals surface area (Å²) in [7, 11) is -3.92. The number of anilines is 1. The first-order valence-corrected chi connectivity index (χ1v) is 12.1. The molecular formula is C22H21ClF3NO4S. The molecule has 2 fully saturated rings. The zero-order valence-electron chi connectivity index (χ0n) is 17.0. The minimum atomic E-state index is -3.92. The van der Waals surface area contributed by atoms with Gasteiger partial charge in [-0.15, -0.1) is 0 Å². The second-order valence-corrected chi connectivity index (χ2v) is 11.1. The molecule has 2 aromatic carbocycles. The van der Waals surface area contributed by atoms with E-state index < -0.39 is 38.4 Å². The van der Waals surface area contributed by atoms with E-state index in [4.69, 9.17) is 11.6 Å². The van der Waals surface area contributed by atoms with Crippen LogP contribution in [-0.4, -0.2) is 31.3 Å². The Morgan fingerprint density at radius 3 is 2.44 bits per heavy atom. The monoisotopic (exact) mass is 487 g/mol. The van der Waals surface area contributed by atoms with Crippen molar-refractivity contribution in [1.82, 2.24) is 0 Å². The molecule has 0 aliphatic heterocycles. The van der Waals surface area contributed by atoms with Crippen LogP contribution in [0.5, 0.6) is 0 Å². The maximum Gasteiger partial charge on any atom is 0.255 e. The van der Waals surface area contributed by atoms with E-state index in [1.165, 1.54) is 12.1 Å². The Hall–Kier alpha value is -2.10. The van der Waals surface area contributed by atoms with Crippen molar-refractivity contribution in [3.05, 3.63) is 58.4 Å². The predicted octanol–water partition coefficient (Wildman–Crippen LogP) is 4.44. The van der Waals surface area contributed by atoms with Gasteiger partial charge in [-0.05, 0) is 54.7 Å². The summed E-state index contributed by atoms with van der Waals surface area (Å²) in [6.07, 6.45) is 1.36. The first kappa shape index (κ1) is 23.1. The molecule has 2 saturated carbocycles. The third-order valence-electron chi connectivity index (χ3n) is 6.66. The smallest absolute Gasteiger partial charge is 0.255 e. The second-order valence-electron chi connectivity index (χ2n) is 8.59. The normalized spacial score (nSPS) is 27.0. The topological polar surface area (TPSA) is 83.5 Å². The molecule has 0 saturated heterocycles. The Morgan fingerprint density at radius 1 is 1.16 bits per heavy atom. The highest BCUT2D eigenvalue weighted by Gasteiger charge is 2.57. The number of aliphatic hydroxyl groups excluding tert-OH is 1. The van der Waals surface area contributed by atoms with Gasteiger partial charge in [0.2, 0.25) is 0 Å². The minimum absolute atomic E-state index is 0.0417. The number of hydrogen-bond donors (Lipinski definition) is 2. The van der Waals surface area contributed by atoms with Crippen LogP contribution >= 0.6 is 11.6 Å². The van der Waals surface area contributed by atoms with Crippen LogP contribution in [0.1, 0.15) is 30.1 Å². The third kappa shape index (κ3) is 3.80. The zero-order chi connectivity index (χ0) is 23.4. The van der Waals surface area contributed by atoms with E-state index in [1.54, 1.807) is 0 Å². The van der Waals surface area contributed by atoms with Crippen molar-refractivity contribution >= 4 is 33.0 Å². The molecule has 5 nitrogen and oxygen atoms in total. The first-order valence-electron chi connectivity index (χ1n) is 10.1. The highest BCUT2D eigenvalue weighted by molar-refractivity contribution is 7.92. The number of carbonyl (C=O) groups is 1. The Bertz CT molecular complexity index is 1170. The standard InChI is InChI=1S/C22H21ClF3NO4S/c1-10-4-12-5-13(9-28)19(10)21(12)32(30,31)18-6-11(2-3-15(18)23)22(29)27-14-7-16(24)20(26)17(25)8-14/h2-3,6-8,10,12-13,19,21,28H,4-5,9H2,1H3,(H,27,29)/t10-,12?,13?,19?,21+/m0/s1. The van der Waals surface area contributed by atoms with E-state index >= 15 is 0 Å². The number of carbonyl (C=O) groups excluding carboxylic acids is 1. The molecule has 2 bridgehead atoms. The highest BCUT2D eigenvalue weighted by atomic mass is 35.5. The van der Waals surface area contributed by atoms with Crippen molar-refractivity contribution in [2.24, 2.45) is 23.7 Å². The lowest BCUT2D eigenvalue weighted by Crippen LogP contribution is -2.30. The average molecular weight is 488 g/mol. The van der Waals surface area contributed by atoms with E-state index in [0.717, 1.165) is 12.5 Å². The fourth-order valence-electron chi connectivity index (χ4n) is 5.41. The second kappa shape index (κ2) is 8.35. The Balaban J connectivity index is 1.65. The van der Waals surface area contributed by atoms with E-state index in [-0.39, 0.29) is 51.4 Å². The number of sulfone groups is 1. The van der Waals surface area contributed by atoms with Gasteiger partial charge in [-0.1, -0.05) is 18.5 Å². The fraction of sp³-hybridized carbons (Fsp3) is 0.409. The van der Waals surface area contributed by atoms with Gasteiger partial charge in [-0.2, -0.15) is 0 Å². The summed E-state index contributed by atoms with van der Waals surface area (Å²) in [5.74, 6) is -5.70. The summed E-state index contributed by atoms with van der Waals surface area (Å²) in [4.78, 5) is 12.4. The van der Waals surface area contributed by atoms with Crippen molar-refractivity contribution in [3.8, 4) is 0 Å². The number of benzene rings is 2. The molecular weight excluding hydrogens is 467 g/mol. The summed E-state index contributed by atoms with van der Waals surface area (Å²) >= 11 is 6.20. The molecule has 0 aromatic heterocycles. The maximum absolute atomic E-state index is 13.5. The summed E-state index contributed by atoms with van der Waals surface area (Å²) in [5, 5.41) is 11.2. The maximum atomic E-state index is 13.5. The number of rotatable bonds is 5. The molecule has 4 rings (SSSR count). The summed E-state index contributed by atoms with van der Waals surface area (Å²) in [6.45, 7) is 1.89. The van der Waals surface area contributed by atoms with Crippen LogP contribution in [0.4, 0.5) is 18.9 Å². The lowest BCUT2D eigenvalue weighted by atomic mass is 9.82. The van der Waals surface area contributed by atoms with Gasteiger partial charge >= 0.3 is 0 Å². The molecule has 5 atom stereocenters. The first-order chi connectivity index (χ1) is 15.0. The zero-order valence-corrected chi connectivity index (χ0v) is 18.6. The molecule has 2 aliphatic carbocycles. The third-order valence-corrected chi connectivity index (χ3v) is 9.47. The van der Waals surface area contributed by atoms with Gasteiger partial charge in [-0.25, -0.2) is 21.6 Å². The predicted molar refractivity (Wildman–Crippen MR) is 113 cm³/mol. The number of aliphatic hydroxyl groups is 1. The van der Waals surface area contributed by atoms with Crippen LogP contribution in [0, 0.1) is 41.1 Å².